The van der Waals surface area contributed by atoms with Gasteiger partial charge in [-0.2, -0.15) is 4.80 Å². The first kappa shape index (κ1) is 12.7. The van der Waals surface area contributed by atoms with Gasteiger partial charge in [0.15, 0.2) is 0 Å². The maximum Gasteiger partial charge on any atom is 0.206 e. The zero-order chi connectivity index (χ0) is 14.4. The van der Waals surface area contributed by atoms with Gasteiger partial charge in [0.2, 0.25) is 5.82 Å². The van der Waals surface area contributed by atoms with E-state index in [0.29, 0.717) is 5.82 Å². The monoisotopic (exact) mass is 285 g/mol. The van der Waals surface area contributed by atoms with Crippen LogP contribution in [0.5, 0.6) is 0 Å². The number of hydrogen-bond acceptors (Lipinski definition) is 6. The van der Waals surface area contributed by atoms with Crippen molar-refractivity contribution in [2.75, 3.05) is 18.4 Å². The zero-order valence-corrected chi connectivity index (χ0v) is 12.3. The van der Waals surface area contributed by atoms with Crippen LogP contribution < -0.4 is 10.6 Å². The third kappa shape index (κ3) is 2.08. The highest BCUT2D eigenvalue weighted by atomic mass is 15.6. The van der Waals surface area contributed by atoms with E-state index in [1.54, 1.807) is 7.05 Å². The number of nitrogens with zero attached hydrogens (tertiary/aromatic N) is 5. The lowest BCUT2D eigenvalue weighted by molar-refractivity contribution is 0.454. The molecule has 7 nitrogen and oxygen atoms in total. The van der Waals surface area contributed by atoms with E-state index < -0.39 is 0 Å². The van der Waals surface area contributed by atoms with E-state index in [2.05, 4.69) is 32.1 Å². The van der Waals surface area contributed by atoms with E-state index in [9.17, 15) is 0 Å². The van der Waals surface area contributed by atoms with Crippen LogP contribution in [-0.2, 0) is 13.5 Å². The molecule has 110 valence electrons. The number of anilines is 1. The number of rotatable bonds is 1. The van der Waals surface area contributed by atoms with E-state index in [1.807, 2.05) is 6.92 Å². The molecule has 1 spiro atoms. The summed E-state index contributed by atoms with van der Waals surface area (Å²) in [7, 11) is 1.77. The van der Waals surface area contributed by atoms with Crippen LogP contribution in [0.4, 0.5) is 5.82 Å². The average molecular weight is 285 g/mol. The second-order valence-electron chi connectivity index (χ2n) is 6.06. The van der Waals surface area contributed by atoms with Crippen molar-refractivity contribution in [3.8, 4) is 11.4 Å². The summed E-state index contributed by atoms with van der Waals surface area (Å²) in [6, 6.07) is 2.16. The first-order valence-electron chi connectivity index (χ1n) is 7.39. The smallest absolute Gasteiger partial charge is 0.206 e. The summed E-state index contributed by atoms with van der Waals surface area (Å²) in [5.74, 6) is 1.67. The summed E-state index contributed by atoms with van der Waals surface area (Å²) in [6.45, 7) is 4.12. The average Bonchev–Trinajstić information content (AvgIpc) is 3.08. The highest BCUT2D eigenvalue weighted by Crippen LogP contribution is 2.35. The third-order valence-electron chi connectivity index (χ3n) is 4.54. The number of fused-ring (bicyclic) bond motifs is 1. The molecular formula is C14H19N7. The Balaban J connectivity index is 1.72. The molecule has 1 saturated heterocycles. The molecule has 1 atom stereocenters. The third-order valence-corrected chi connectivity index (χ3v) is 4.54. The van der Waals surface area contributed by atoms with Crippen LogP contribution in [0.1, 0.15) is 24.1 Å². The lowest BCUT2D eigenvalue weighted by Crippen LogP contribution is -2.44. The Morgan fingerprint density at radius 2 is 2.24 bits per heavy atom. The van der Waals surface area contributed by atoms with Gasteiger partial charge in [-0.3, -0.25) is 0 Å². The van der Waals surface area contributed by atoms with E-state index in [4.69, 9.17) is 4.98 Å². The van der Waals surface area contributed by atoms with E-state index >= 15 is 0 Å². The van der Waals surface area contributed by atoms with Gasteiger partial charge in [-0.1, -0.05) is 0 Å². The normalized spacial score (nSPS) is 24.1. The fraction of sp³-hybridized carbons (Fsp3) is 0.571. The summed E-state index contributed by atoms with van der Waals surface area (Å²) in [4.78, 5) is 6.24. The fourth-order valence-electron chi connectivity index (χ4n) is 3.32. The van der Waals surface area contributed by atoms with Crippen molar-refractivity contribution >= 4 is 5.82 Å². The Labute approximate surface area is 123 Å². The number of hydrogen-bond donors (Lipinski definition) is 2. The van der Waals surface area contributed by atoms with Crippen LogP contribution in [0.15, 0.2) is 6.07 Å². The molecule has 0 aliphatic carbocycles. The topological polar surface area (TPSA) is 80.5 Å². The molecule has 0 unspecified atom stereocenters. The fourth-order valence-corrected chi connectivity index (χ4v) is 3.32. The van der Waals surface area contributed by atoms with Crippen molar-refractivity contribution < 1.29 is 0 Å². The van der Waals surface area contributed by atoms with Crippen molar-refractivity contribution in [2.24, 2.45) is 7.05 Å². The summed E-state index contributed by atoms with van der Waals surface area (Å²) >= 11 is 0. The number of aromatic nitrogens is 5. The summed E-state index contributed by atoms with van der Waals surface area (Å²) < 4.78 is 0. The molecule has 21 heavy (non-hydrogen) atoms. The van der Waals surface area contributed by atoms with Gasteiger partial charge in [-0.15, -0.1) is 10.2 Å². The second-order valence-corrected chi connectivity index (χ2v) is 6.06. The highest BCUT2D eigenvalue weighted by Gasteiger charge is 2.37. The largest absolute Gasteiger partial charge is 0.363 e. The number of aryl methyl sites for hydroxylation is 3. The first-order chi connectivity index (χ1) is 10.2. The molecular weight excluding hydrogens is 266 g/mol. The second kappa shape index (κ2) is 4.49. The Morgan fingerprint density at radius 3 is 2.95 bits per heavy atom. The van der Waals surface area contributed by atoms with Crippen LogP contribution in [0.25, 0.3) is 11.4 Å². The van der Waals surface area contributed by atoms with Gasteiger partial charge in [0.05, 0.1) is 18.3 Å². The Kier molecular flexibility index (Phi) is 2.72. The molecule has 0 bridgehead atoms. The predicted octanol–water partition coefficient (Wildman–Crippen LogP) is 0.671. The van der Waals surface area contributed by atoms with Crippen molar-refractivity contribution in [3.05, 3.63) is 17.3 Å². The van der Waals surface area contributed by atoms with E-state index in [-0.39, 0.29) is 5.54 Å². The van der Waals surface area contributed by atoms with Crippen molar-refractivity contribution in [1.29, 1.82) is 0 Å². The van der Waals surface area contributed by atoms with Crippen LogP contribution in [-0.4, -0.2) is 43.8 Å². The molecule has 1 fully saturated rings. The molecule has 4 rings (SSSR count). The molecule has 0 aromatic carbocycles. The summed E-state index contributed by atoms with van der Waals surface area (Å²) in [5, 5.41) is 19.4. The van der Waals surface area contributed by atoms with Crippen molar-refractivity contribution in [3.63, 3.8) is 0 Å². The van der Waals surface area contributed by atoms with Crippen LogP contribution in [0.2, 0.25) is 0 Å². The van der Waals surface area contributed by atoms with Crippen LogP contribution >= 0.6 is 0 Å². The Morgan fingerprint density at radius 1 is 1.33 bits per heavy atom. The minimum Gasteiger partial charge on any atom is -0.363 e. The molecule has 4 heterocycles. The molecule has 2 N–H and O–H groups in total. The van der Waals surface area contributed by atoms with Gasteiger partial charge in [0.25, 0.3) is 0 Å². The van der Waals surface area contributed by atoms with Gasteiger partial charge in [0, 0.05) is 12.1 Å². The van der Waals surface area contributed by atoms with Crippen LogP contribution in [0, 0.1) is 6.92 Å². The maximum absolute atomic E-state index is 4.76. The maximum atomic E-state index is 4.76. The van der Waals surface area contributed by atoms with Gasteiger partial charge in [0.1, 0.15) is 5.82 Å². The summed E-state index contributed by atoms with van der Waals surface area (Å²) in [5.41, 5.74) is 3.36. The lowest BCUT2D eigenvalue weighted by atomic mass is 9.86. The zero-order valence-electron chi connectivity index (χ0n) is 12.3. The van der Waals surface area contributed by atoms with Gasteiger partial charge in [-0.05, 0) is 49.6 Å². The number of tetrazole rings is 1. The lowest BCUT2D eigenvalue weighted by Gasteiger charge is -2.35. The van der Waals surface area contributed by atoms with Crippen LogP contribution in [0.3, 0.4) is 0 Å². The molecule has 2 aliphatic rings. The predicted molar refractivity (Wildman–Crippen MR) is 78.9 cm³/mol. The number of pyridine rings is 1. The minimum atomic E-state index is 0.193. The number of nitrogens with one attached hydrogen (secondary N) is 2. The highest BCUT2D eigenvalue weighted by molar-refractivity contribution is 5.64. The molecule has 0 radical (unpaired) electrons. The van der Waals surface area contributed by atoms with Crippen molar-refractivity contribution in [2.45, 2.75) is 31.7 Å². The van der Waals surface area contributed by atoms with Crippen molar-refractivity contribution in [1.82, 2.24) is 30.5 Å². The molecule has 2 aliphatic heterocycles. The summed E-state index contributed by atoms with van der Waals surface area (Å²) in [6.07, 6.45) is 3.36. The standard InChI is InChI=1S/C14H19N7/c1-9-11(13-18-20-21(2)19-13)7-10-3-4-14(5-6-15-8-14)17-12(10)16-9/h7,15H,3-6,8H2,1-2H3,(H,16,17)/t14-/m1/s1. The molecule has 0 amide bonds. The first-order valence-corrected chi connectivity index (χ1v) is 7.39. The van der Waals surface area contributed by atoms with E-state index in [1.165, 1.54) is 16.8 Å². The Hall–Kier alpha value is -2.02. The Bertz CT molecular complexity index is 685. The molecule has 7 heteroatoms. The van der Waals surface area contributed by atoms with Gasteiger partial charge in [-0.25, -0.2) is 4.98 Å². The van der Waals surface area contributed by atoms with Gasteiger partial charge < -0.3 is 10.6 Å². The molecule has 2 aromatic heterocycles. The molecule has 0 saturated carbocycles. The van der Waals surface area contributed by atoms with E-state index in [0.717, 1.165) is 43.0 Å². The van der Waals surface area contributed by atoms with Gasteiger partial charge >= 0.3 is 0 Å². The quantitative estimate of drug-likeness (QED) is 0.801. The minimum absolute atomic E-state index is 0.193. The SMILES string of the molecule is Cc1nc2c(cc1-c1nnn(C)n1)CC[C@]1(CCNC1)N2. The molecule has 2 aromatic rings.